The molecule has 21 heavy (non-hydrogen) atoms. The Morgan fingerprint density at radius 3 is 2.52 bits per heavy atom. The quantitative estimate of drug-likeness (QED) is 0.898. The Labute approximate surface area is 124 Å². The summed E-state index contributed by atoms with van der Waals surface area (Å²) in [5.74, 6) is -0.301. The van der Waals surface area contributed by atoms with Gasteiger partial charge in [0.25, 0.3) is 5.91 Å². The van der Waals surface area contributed by atoms with Gasteiger partial charge in [0.1, 0.15) is 11.5 Å². The summed E-state index contributed by atoms with van der Waals surface area (Å²) in [5.41, 5.74) is 3.65. The lowest BCUT2D eigenvalue weighted by atomic mass is 10.2. The van der Waals surface area contributed by atoms with Crippen LogP contribution in [0.1, 0.15) is 40.7 Å². The molecule has 1 aromatic carbocycles. The number of halogens is 1. The number of aromatic nitrogens is 1. The lowest BCUT2D eigenvalue weighted by molar-refractivity contribution is 0.0944. The van der Waals surface area contributed by atoms with E-state index in [1.54, 1.807) is 12.1 Å². The number of amides is 1. The Balaban J connectivity index is 2.30. The van der Waals surface area contributed by atoms with Gasteiger partial charge in [-0.2, -0.15) is 0 Å². The normalized spacial score (nSPS) is 10.7. The van der Waals surface area contributed by atoms with E-state index in [0.717, 1.165) is 23.2 Å². The van der Waals surface area contributed by atoms with Gasteiger partial charge in [-0.1, -0.05) is 19.1 Å². The number of hydrogen-bond donors (Lipinski definition) is 1. The zero-order valence-electron chi connectivity index (χ0n) is 12.7. The minimum Gasteiger partial charge on any atom is -0.351 e. The van der Waals surface area contributed by atoms with Crippen molar-refractivity contribution in [2.24, 2.45) is 0 Å². The highest BCUT2D eigenvalue weighted by molar-refractivity contribution is 5.94. The van der Waals surface area contributed by atoms with E-state index in [1.807, 2.05) is 31.4 Å². The lowest BCUT2D eigenvalue weighted by Crippen LogP contribution is -2.27. The summed E-state index contributed by atoms with van der Waals surface area (Å²) >= 11 is 0. The number of nitrogens with zero attached hydrogens (tertiary/aromatic N) is 1. The molecule has 1 amide bonds. The van der Waals surface area contributed by atoms with Crippen molar-refractivity contribution >= 4 is 5.91 Å². The van der Waals surface area contributed by atoms with Crippen LogP contribution in [0.3, 0.4) is 0 Å². The molecule has 0 atom stereocenters. The van der Waals surface area contributed by atoms with Gasteiger partial charge >= 0.3 is 0 Å². The van der Waals surface area contributed by atoms with E-state index in [4.69, 9.17) is 0 Å². The summed E-state index contributed by atoms with van der Waals surface area (Å²) in [6, 6.07) is 8.38. The minimum atomic E-state index is -0.250. The van der Waals surface area contributed by atoms with E-state index in [-0.39, 0.29) is 11.7 Å². The minimum absolute atomic E-state index is 0.0513. The average Bonchev–Trinajstić information content (AvgIpc) is 2.73. The van der Waals surface area contributed by atoms with Gasteiger partial charge in [0.2, 0.25) is 0 Å². The summed E-state index contributed by atoms with van der Waals surface area (Å²) in [4.78, 5) is 12.3. The molecule has 1 N–H and O–H groups in total. The number of hydrogen-bond acceptors (Lipinski definition) is 1. The second kappa shape index (κ2) is 6.57. The van der Waals surface area contributed by atoms with Crippen LogP contribution in [0, 0.1) is 19.7 Å². The largest absolute Gasteiger partial charge is 0.351 e. The first-order valence-corrected chi connectivity index (χ1v) is 7.22. The summed E-state index contributed by atoms with van der Waals surface area (Å²) in [5, 5.41) is 2.92. The first-order chi connectivity index (χ1) is 10.0. The van der Waals surface area contributed by atoms with Crippen LogP contribution in [0.2, 0.25) is 0 Å². The summed E-state index contributed by atoms with van der Waals surface area (Å²) in [6.07, 6.45) is 0.905. The van der Waals surface area contributed by atoms with E-state index in [0.29, 0.717) is 18.8 Å². The van der Waals surface area contributed by atoms with E-state index >= 15 is 0 Å². The summed E-state index contributed by atoms with van der Waals surface area (Å²) in [7, 11) is 0. The second-order valence-corrected chi connectivity index (χ2v) is 5.29. The van der Waals surface area contributed by atoms with Gasteiger partial charge in [0.05, 0.1) is 0 Å². The lowest BCUT2D eigenvalue weighted by Gasteiger charge is -2.13. The molecule has 0 radical (unpaired) electrons. The molecule has 0 fully saturated rings. The molecule has 3 nitrogen and oxygen atoms in total. The average molecular weight is 288 g/mol. The highest BCUT2D eigenvalue weighted by Gasteiger charge is 2.17. The molecule has 1 heterocycles. The van der Waals surface area contributed by atoms with Crippen molar-refractivity contribution in [1.29, 1.82) is 0 Å². The SMILES string of the molecule is CCCNC(=O)c1c(C)cc(C)n1Cc1ccc(F)cc1. The van der Waals surface area contributed by atoms with E-state index in [1.165, 1.54) is 12.1 Å². The molecule has 0 aliphatic carbocycles. The number of carbonyl (C=O) groups excluding carboxylic acids is 1. The van der Waals surface area contributed by atoms with Crippen molar-refractivity contribution in [2.75, 3.05) is 6.54 Å². The monoisotopic (exact) mass is 288 g/mol. The van der Waals surface area contributed by atoms with Crippen molar-refractivity contribution in [1.82, 2.24) is 9.88 Å². The van der Waals surface area contributed by atoms with Gasteiger partial charge in [0, 0.05) is 18.8 Å². The Kier molecular flexibility index (Phi) is 4.78. The molecule has 112 valence electrons. The highest BCUT2D eigenvalue weighted by atomic mass is 19.1. The summed E-state index contributed by atoms with van der Waals surface area (Å²) in [6.45, 7) is 7.17. The van der Waals surface area contributed by atoms with Crippen LogP contribution in [0.5, 0.6) is 0 Å². The molecule has 0 bridgehead atoms. The van der Waals surface area contributed by atoms with Crippen LogP contribution < -0.4 is 5.32 Å². The number of rotatable bonds is 5. The molecule has 0 aliphatic heterocycles. The third-order valence-corrected chi connectivity index (χ3v) is 3.50. The fraction of sp³-hybridized carbons (Fsp3) is 0.353. The van der Waals surface area contributed by atoms with Crippen LogP contribution in [0.15, 0.2) is 30.3 Å². The molecule has 0 spiro atoms. The molecule has 0 saturated heterocycles. The standard InChI is InChI=1S/C17H21FN2O/c1-4-9-19-17(21)16-12(2)10-13(3)20(16)11-14-5-7-15(18)8-6-14/h5-8,10H,4,9,11H2,1-3H3,(H,19,21). The third-order valence-electron chi connectivity index (χ3n) is 3.50. The van der Waals surface area contributed by atoms with Crippen LogP contribution in [-0.2, 0) is 6.54 Å². The Morgan fingerprint density at radius 2 is 1.90 bits per heavy atom. The van der Waals surface area contributed by atoms with Crippen LogP contribution in [-0.4, -0.2) is 17.0 Å². The van der Waals surface area contributed by atoms with Gasteiger partial charge < -0.3 is 9.88 Å². The molecule has 0 saturated carbocycles. The van der Waals surface area contributed by atoms with Crippen molar-refractivity contribution in [3.05, 3.63) is 58.7 Å². The van der Waals surface area contributed by atoms with Crippen molar-refractivity contribution in [3.63, 3.8) is 0 Å². The number of nitrogens with one attached hydrogen (secondary N) is 1. The van der Waals surface area contributed by atoms with Crippen LogP contribution >= 0.6 is 0 Å². The highest BCUT2D eigenvalue weighted by Crippen LogP contribution is 2.17. The zero-order valence-corrected chi connectivity index (χ0v) is 12.7. The van der Waals surface area contributed by atoms with E-state index in [2.05, 4.69) is 5.32 Å². The fourth-order valence-electron chi connectivity index (χ4n) is 2.45. The van der Waals surface area contributed by atoms with E-state index < -0.39 is 0 Å². The molecule has 1 aromatic heterocycles. The molecule has 0 unspecified atom stereocenters. The smallest absolute Gasteiger partial charge is 0.268 e. The van der Waals surface area contributed by atoms with Crippen molar-refractivity contribution < 1.29 is 9.18 Å². The van der Waals surface area contributed by atoms with Gasteiger partial charge in [-0.3, -0.25) is 4.79 Å². The number of carbonyl (C=O) groups is 1. The van der Waals surface area contributed by atoms with Crippen molar-refractivity contribution in [2.45, 2.75) is 33.7 Å². The zero-order chi connectivity index (χ0) is 15.4. The molecule has 2 rings (SSSR count). The number of aryl methyl sites for hydroxylation is 2. The van der Waals surface area contributed by atoms with Gasteiger partial charge in [-0.05, 0) is 49.6 Å². The maximum atomic E-state index is 13.0. The van der Waals surface area contributed by atoms with Crippen LogP contribution in [0.4, 0.5) is 4.39 Å². The Morgan fingerprint density at radius 1 is 1.24 bits per heavy atom. The van der Waals surface area contributed by atoms with Gasteiger partial charge in [-0.15, -0.1) is 0 Å². The van der Waals surface area contributed by atoms with Crippen LogP contribution in [0.25, 0.3) is 0 Å². The predicted molar refractivity (Wildman–Crippen MR) is 82.0 cm³/mol. The maximum absolute atomic E-state index is 13.0. The Bertz CT molecular complexity index is 629. The molecular formula is C17H21FN2O. The number of benzene rings is 1. The van der Waals surface area contributed by atoms with E-state index in [9.17, 15) is 9.18 Å². The first-order valence-electron chi connectivity index (χ1n) is 7.22. The van der Waals surface area contributed by atoms with Gasteiger partial charge in [-0.25, -0.2) is 4.39 Å². The molecule has 4 heteroatoms. The summed E-state index contributed by atoms with van der Waals surface area (Å²) < 4.78 is 15.0. The first kappa shape index (κ1) is 15.3. The van der Waals surface area contributed by atoms with Crippen molar-refractivity contribution in [3.8, 4) is 0 Å². The second-order valence-electron chi connectivity index (χ2n) is 5.29. The fourth-order valence-corrected chi connectivity index (χ4v) is 2.45. The molecule has 0 aliphatic rings. The molecular weight excluding hydrogens is 267 g/mol. The predicted octanol–water partition coefficient (Wildman–Crippen LogP) is 3.43. The van der Waals surface area contributed by atoms with Gasteiger partial charge in [0.15, 0.2) is 0 Å². The maximum Gasteiger partial charge on any atom is 0.268 e. The molecule has 2 aromatic rings. The Hall–Kier alpha value is -2.10. The topological polar surface area (TPSA) is 34.0 Å². The third kappa shape index (κ3) is 3.51.